The van der Waals surface area contributed by atoms with Crippen LogP contribution in [0.15, 0.2) is 0 Å². The van der Waals surface area contributed by atoms with Crippen LogP contribution in [-0.2, 0) is 4.79 Å². The van der Waals surface area contributed by atoms with Gasteiger partial charge in [-0.2, -0.15) is 0 Å². The molecule has 0 atom stereocenters. The van der Waals surface area contributed by atoms with Gasteiger partial charge in [-0.3, -0.25) is 4.79 Å². The van der Waals surface area contributed by atoms with Gasteiger partial charge in [0.25, 0.3) is 0 Å². The first kappa shape index (κ1) is 13.4. The van der Waals surface area contributed by atoms with Gasteiger partial charge in [-0.25, -0.2) is 0 Å². The largest absolute Gasteiger partial charge is 0.481 e. The highest BCUT2D eigenvalue weighted by atomic mass is 16.4. The summed E-state index contributed by atoms with van der Waals surface area (Å²) in [5.41, 5.74) is 0. The Kier molecular flexibility index (Phi) is 7.48. The van der Waals surface area contributed by atoms with Crippen molar-refractivity contribution < 1.29 is 9.90 Å². The van der Waals surface area contributed by atoms with E-state index in [0.717, 1.165) is 12.8 Å². The van der Waals surface area contributed by atoms with E-state index in [-0.39, 0.29) is 5.92 Å². The van der Waals surface area contributed by atoms with Crippen molar-refractivity contribution in [2.45, 2.75) is 52.0 Å². The number of aliphatic carboxylic acids is 1. The lowest BCUT2D eigenvalue weighted by Crippen LogP contribution is -2.42. The topological polar surface area (TPSA) is 49.3 Å². The molecule has 1 aliphatic rings. The van der Waals surface area contributed by atoms with E-state index in [1.165, 1.54) is 19.3 Å². The zero-order valence-electron chi connectivity index (χ0n) is 9.55. The molecule has 0 aromatic carbocycles. The maximum atomic E-state index is 10.2. The second-order valence-electron chi connectivity index (χ2n) is 3.85. The Morgan fingerprint density at radius 1 is 1.36 bits per heavy atom. The van der Waals surface area contributed by atoms with Gasteiger partial charge in [-0.15, -0.1) is 0 Å². The number of hydrogen-bond donors (Lipinski definition) is 2. The number of carbonyl (C=O) groups is 1. The van der Waals surface area contributed by atoms with Gasteiger partial charge in [-0.1, -0.05) is 33.1 Å². The molecule has 1 rings (SSSR count). The predicted molar refractivity (Wildman–Crippen MR) is 58.4 cm³/mol. The molecule has 3 heteroatoms. The van der Waals surface area contributed by atoms with Crippen molar-refractivity contribution >= 4 is 5.97 Å². The third-order valence-electron chi connectivity index (χ3n) is 2.60. The van der Waals surface area contributed by atoms with E-state index in [4.69, 9.17) is 5.11 Å². The molecule has 0 bridgehead atoms. The summed E-state index contributed by atoms with van der Waals surface area (Å²) in [5.74, 6) is -0.732. The van der Waals surface area contributed by atoms with Crippen molar-refractivity contribution in [2.24, 2.45) is 5.92 Å². The molecule has 0 spiro atoms. The minimum Gasteiger partial charge on any atom is -0.481 e. The Bertz CT molecular complexity index is 151. The van der Waals surface area contributed by atoms with Gasteiger partial charge in [-0.05, 0) is 19.9 Å². The molecular formula is C11H23NO2. The zero-order chi connectivity index (χ0) is 11.0. The lowest BCUT2D eigenvalue weighted by molar-refractivity contribution is -0.145. The van der Waals surface area contributed by atoms with Crippen LogP contribution in [0.3, 0.4) is 0 Å². The van der Waals surface area contributed by atoms with Crippen LogP contribution in [0.25, 0.3) is 0 Å². The molecule has 0 heterocycles. The summed E-state index contributed by atoms with van der Waals surface area (Å²) >= 11 is 0. The van der Waals surface area contributed by atoms with Crippen molar-refractivity contribution in [3.8, 4) is 0 Å². The van der Waals surface area contributed by atoms with E-state index in [1.807, 2.05) is 7.05 Å². The van der Waals surface area contributed by atoms with Crippen molar-refractivity contribution in [3.63, 3.8) is 0 Å². The molecule has 3 nitrogen and oxygen atoms in total. The lowest BCUT2D eigenvalue weighted by Gasteiger charge is -2.31. The highest BCUT2D eigenvalue weighted by Crippen LogP contribution is 2.26. The van der Waals surface area contributed by atoms with Gasteiger partial charge in [0.1, 0.15) is 0 Å². The summed E-state index contributed by atoms with van der Waals surface area (Å²) in [6.45, 7) is 4.42. The number of unbranched alkanes of at least 4 members (excludes halogenated alkanes) is 2. The number of nitrogens with one attached hydrogen (secondary N) is 1. The zero-order valence-corrected chi connectivity index (χ0v) is 9.55. The van der Waals surface area contributed by atoms with Crippen molar-refractivity contribution in [1.29, 1.82) is 0 Å². The van der Waals surface area contributed by atoms with Crippen LogP contribution in [0.2, 0.25) is 0 Å². The fraction of sp³-hybridized carbons (Fsp3) is 0.909. The van der Waals surface area contributed by atoms with Crippen LogP contribution < -0.4 is 5.32 Å². The predicted octanol–water partition coefficient (Wildman–Crippen LogP) is 2.27. The van der Waals surface area contributed by atoms with Gasteiger partial charge in [0.05, 0.1) is 5.92 Å². The summed E-state index contributed by atoms with van der Waals surface area (Å²) in [4.78, 5) is 10.2. The van der Waals surface area contributed by atoms with Gasteiger partial charge in [0, 0.05) is 6.04 Å². The van der Waals surface area contributed by atoms with Crippen molar-refractivity contribution in [1.82, 2.24) is 5.32 Å². The maximum absolute atomic E-state index is 10.2. The maximum Gasteiger partial charge on any atom is 0.306 e. The molecule has 0 aromatic heterocycles. The second kappa shape index (κ2) is 7.80. The first-order chi connectivity index (χ1) is 6.65. The Labute approximate surface area is 86.9 Å². The Morgan fingerprint density at radius 2 is 1.86 bits per heavy atom. The van der Waals surface area contributed by atoms with E-state index >= 15 is 0 Å². The van der Waals surface area contributed by atoms with Crippen LogP contribution in [0.1, 0.15) is 46.0 Å². The molecule has 0 aliphatic heterocycles. The average Bonchev–Trinajstić information content (AvgIpc) is 2.04. The Hall–Kier alpha value is -0.570. The minimum absolute atomic E-state index is 0.0811. The smallest absolute Gasteiger partial charge is 0.306 e. The van der Waals surface area contributed by atoms with E-state index in [2.05, 4.69) is 19.2 Å². The average molecular weight is 201 g/mol. The Balaban J connectivity index is 0.000000292. The molecular weight excluding hydrogens is 178 g/mol. The van der Waals surface area contributed by atoms with E-state index in [0.29, 0.717) is 6.04 Å². The standard InChI is InChI=1S/C6H11NO2.C5H12/c1-7-5-2-4(3-5)6(8)9;1-3-5-4-2/h4-5,7H,2-3H2,1H3,(H,8,9);3-5H2,1-2H3. The quantitative estimate of drug-likeness (QED) is 0.733. The highest BCUT2D eigenvalue weighted by Gasteiger charge is 2.32. The van der Waals surface area contributed by atoms with Gasteiger partial charge < -0.3 is 10.4 Å². The molecule has 0 radical (unpaired) electrons. The third-order valence-corrected chi connectivity index (χ3v) is 2.60. The first-order valence-electron chi connectivity index (χ1n) is 5.55. The van der Waals surface area contributed by atoms with Crippen LogP contribution in [0.4, 0.5) is 0 Å². The lowest BCUT2D eigenvalue weighted by atomic mass is 9.80. The normalized spacial score (nSPS) is 24.5. The van der Waals surface area contributed by atoms with E-state index < -0.39 is 5.97 Å². The number of carboxylic acids is 1. The molecule has 1 aliphatic carbocycles. The molecule has 1 saturated carbocycles. The highest BCUT2D eigenvalue weighted by molar-refractivity contribution is 5.71. The summed E-state index contributed by atoms with van der Waals surface area (Å²) in [6, 6.07) is 0.450. The Morgan fingerprint density at radius 3 is 2.07 bits per heavy atom. The number of hydrogen-bond acceptors (Lipinski definition) is 2. The van der Waals surface area contributed by atoms with Crippen molar-refractivity contribution in [2.75, 3.05) is 7.05 Å². The monoisotopic (exact) mass is 201 g/mol. The van der Waals surface area contributed by atoms with Crippen LogP contribution in [0.5, 0.6) is 0 Å². The molecule has 0 unspecified atom stereocenters. The van der Waals surface area contributed by atoms with Crippen LogP contribution >= 0.6 is 0 Å². The second-order valence-corrected chi connectivity index (χ2v) is 3.85. The molecule has 14 heavy (non-hydrogen) atoms. The van der Waals surface area contributed by atoms with Crippen LogP contribution in [-0.4, -0.2) is 24.2 Å². The fourth-order valence-electron chi connectivity index (χ4n) is 1.41. The summed E-state index contributed by atoms with van der Waals surface area (Å²) in [7, 11) is 1.86. The van der Waals surface area contributed by atoms with Crippen LogP contribution in [0, 0.1) is 5.92 Å². The molecule has 1 fully saturated rings. The van der Waals surface area contributed by atoms with Gasteiger partial charge in [0.2, 0.25) is 0 Å². The summed E-state index contributed by atoms with van der Waals surface area (Å²) < 4.78 is 0. The van der Waals surface area contributed by atoms with E-state index in [9.17, 15) is 4.79 Å². The van der Waals surface area contributed by atoms with Gasteiger partial charge >= 0.3 is 5.97 Å². The summed E-state index contributed by atoms with van der Waals surface area (Å²) in [6.07, 6.45) is 5.67. The third kappa shape index (κ3) is 5.22. The minimum atomic E-state index is -0.651. The number of rotatable bonds is 4. The molecule has 0 saturated heterocycles. The molecule has 0 aromatic rings. The van der Waals surface area contributed by atoms with E-state index in [1.54, 1.807) is 0 Å². The number of carboxylic acid groups (broad SMARTS) is 1. The van der Waals surface area contributed by atoms with Crippen molar-refractivity contribution in [3.05, 3.63) is 0 Å². The summed E-state index contributed by atoms with van der Waals surface area (Å²) in [5, 5.41) is 11.4. The molecule has 2 N–H and O–H groups in total. The van der Waals surface area contributed by atoms with Gasteiger partial charge in [0.15, 0.2) is 0 Å². The molecule has 84 valence electrons. The molecule has 0 amide bonds. The fourth-order valence-corrected chi connectivity index (χ4v) is 1.41. The first-order valence-corrected chi connectivity index (χ1v) is 5.55. The SMILES string of the molecule is CCCCC.CNC1CC(C(=O)O)C1.